The smallest absolute Gasteiger partial charge is 0.253 e. The molecule has 1 fully saturated rings. The first-order valence-corrected chi connectivity index (χ1v) is 13.2. The summed E-state index contributed by atoms with van der Waals surface area (Å²) in [6.45, 7) is 4.02. The summed E-state index contributed by atoms with van der Waals surface area (Å²) in [5.74, 6) is -3.27. The zero-order chi connectivity index (χ0) is 27.0. The summed E-state index contributed by atoms with van der Waals surface area (Å²) in [5, 5.41) is 0. The summed E-state index contributed by atoms with van der Waals surface area (Å²) in [6, 6.07) is 19.5. The number of carbonyl (C=O) groups excluding carboxylic acids is 2. The number of hydrogen-bond acceptors (Lipinski definition) is 3. The maximum atomic E-state index is 13.7. The molecule has 1 amide bonds. The molecule has 3 aromatic carbocycles. The molecule has 5 rings (SSSR count). The number of carbonyl (C=O) groups is 2. The van der Waals surface area contributed by atoms with Crippen molar-refractivity contribution in [2.75, 3.05) is 13.1 Å². The van der Waals surface area contributed by atoms with Crippen molar-refractivity contribution in [3.63, 3.8) is 0 Å². The number of piperidine rings is 1. The molecule has 1 aliphatic heterocycles. The average Bonchev–Trinajstić information content (AvgIpc) is 3.21. The Morgan fingerprint density at radius 2 is 1.45 bits per heavy atom. The number of aldehydes is 1. The van der Waals surface area contributed by atoms with Crippen molar-refractivity contribution < 1.29 is 22.8 Å². The monoisotopic (exact) mass is 533 g/mol. The molecule has 38 heavy (non-hydrogen) atoms. The lowest BCUT2D eigenvalue weighted by molar-refractivity contribution is -0.0494. The fraction of sp³-hybridized carbons (Fsp3) is 0.226. The van der Waals surface area contributed by atoms with Gasteiger partial charge < -0.3 is 4.90 Å². The van der Waals surface area contributed by atoms with Gasteiger partial charge in [0.15, 0.2) is 6.29 Å². The molecular formula is C31H26F3NO2S. The van der Waals surface area contributed by atoms with Crippen molar-refractivity contribution in [3.05, 3.63) is 94.1 Å². The van der Waals surface area contributed by atoms with E-state index in [9.17, 15) is 22.8 Å². The molecule has 1 saturated heterocycles. The summed E-state index contributed by atoms with van der Waals surface area (Å²) in [4.78, 5) is 27.6. The molecule has 3 nitrogen and oxygen atoms in total. The normalized spacial score (nSPS) is 14.9. The number of halogens is 3. The number of amides is 1. The Hall–Kier alpha value is -3.71. The Kier molecular flexibility index (Phi) is 6.97. The Morgan fingerprint density at radius 3 is 2.05 bits per heavy atom. The van der Waals surface area contributed by atoms with Crippen LogP contribution in [-0.4, -0.2) is 36.1 Å². The Morgan fingerprint density at radius 1 is 0.842 bits per heavy atom. The van der Waals surface area contributed by atoms with Gasteiger partial charge in [-0.2, -0.15) is 0 Å². The number of alkyl halides is 2. The van der Waals surface area contributed by atoms with E-state index in [1.807, 2.05) is 44.2 Å². The highest BCUT2D eigenvalue weighted by Gasteiger charge is 2.35. The fourth-order valence-electron chi connectivity index (χ4n) is 4.80. The van der Waals surface area contributed by atoms with Gasteiger partial charge in [-0.3, -0.25) is 9.59 Å². The standard InChI is InChI=1S/C31H26F3NO2S/c1-19-20(2)29(38-28(19)18-36)26-12-9-24(17-27(26)22-7-10-25(32)11-8-22)21-3-5-23(6-4-21)30(37)35-15-13-31(33,34)14-16-35/h3-12,17-18H,13-16H2,1-2H3. The van der Waals surface area contributed by atoms with Crippen molar-refractivity contribution in [2.45, 2.75) is 32.6 Å². The molecule has 0 atom stereocenters. The van der Waals surface area contributed by atoms with E-state index in [4.69, 9.17) is 0 Å². The van der Waals surface area contributed by atoms with Gasteiger partial charge in [-0.05, 0) is 83.1 Å². The van der Waals surface area contributed by atoms with Gasteiger partial charge in [0, 0.05) is 36.4 Å². The van der Waals surface area contributed by atoms with Crippen LogP contribution in [0.4, 0.5) is 13.2 Å². The van der Waals surface area contributed by atoms with E-state index in [-0.39, 0.29) is 37.7 Å². The number of rotatable bonds is 5. The first-order valence-electron chi connectivity index (χ1n) is 12.4. The van der Waals surface area contributed by atoms with Crippen LogP contribution in [-0.2, 0) is 0 Å². The molecule has 7 heteroatoms. The molecule has 1 aliphatic rings. The van der Waals surface area contributed by atoms with Gasteiger partial charge in [0.25, 0.3) is 11.8 Å². The molecule has 0 bridgehead atoms. The van der Waals surface area contributed by atoms with Crippen molar-refractivity contribution in [2.24, 2.45) is 0 Å². The van der Waals surface area contributed by atoms with Crippen LogP contribution >= 0.6 is 11.3 Å². The lowest BCUT2D eigenvalue weighted by Crippen LogP contribution is -2.42. The molecule has 0 unspecified atom stereocenters. The molecule has 0 spiro atoms. The van der Waals surface area contributed by atoms with E-state index < -0.39 is 5.92 Å². The largest absolute Gasteiger partial charge is 0.338 e. The van der Waals surface area contributed by atoms with Gasteiger partial charge >= 0.3 is 0 Å². The molecule has 4 aromatic rings. The van der Waals surface area contributed by atoms with Crippen LogP contribution in [0.3, 0.4) is 0 Å². The first-order chi connectivity index (χ1) is 18.2. The summed E-state index contributed by atoms with van der Waals surface area (Å²) >= 11 is 1.44. The summed E-state index contributed by atoms with van der Waals surface area (Å²) in [7, 11) is 0. The number of thiophene rings is 1. The highest BCUT2D eigenvalue weighted by molar-refractivity contribution is 7.17. The van der Waals surface area contributed by atoms with E-state index in [1.165, 1.54) is 28.4 Å². The second-order valence-electron chi connectivity index (χ2n) is 9.66. The van der Waals surface area contributed by atoms with Gasteiger partial charge in [0.05, 0.1) is 4.88 Å². The van der Waals surface area contributed by atoms with E-state index in [1.54, 1.807) is 24.3 Å². The second kappa shape index (κ2) is 10.2. The predicted molar refractivity (Wildman–Crippen MR) is 146 cm³/mol. The van der Waals surface area contributed by atoms with Gasteiger partial charge in [-0.25, -0.2) is 13.2 Å². The van der Waals surface area contributed by atoms with Crippen molar-refractivity contribution in [1.82, 2.24) is 4.90 Å². The van der Waals surface area contributed by atoms with Gasteiger partial charge in [0.2, 0.25) is 0 Å². The Labute approximate surface area is 223 Å². The number of hydrogen-bond donors (Lipinski definition) is 0. The lowest BCUT2D eigenvalue weighted by atomic mass is 9.92. The molecule has 2 heterocycles. The van der Waals surface area contributed by atoms with E-state index in [0.29, 0.717) is 10.4 Å². The minimum Gasteiger partial charge on any atom is -0.338 e. The van der Waals surface area contributed by atoms with Crippen LogP contribution in [0, 0.1) is 19.7 Å². The minimum atomic E-state index is -2.70. The van der Waals surface area contributed by atoms with Crippen LogP contribution < -0.4 is 0 Å². The third kappa shape index (κ3) is 5.03. The Bertz CT molecular complexity index is 1500. The lowest BCUT2D eigenvalue weighted by Gasteiger charge is -2.31. The summed E-state index contributed by atoms with van der Waals surface area (Å²) < 4.78 is 40.7. The van der Waals surface area contributed by atoms with Gasteiger partial charge in [0.1, 0.15) is 5.82 Å². The van der Waals surface area contributed by atoms with Gasteiger partial charge in [-0.1, -0.05) is 36.4 Å². The van der Waals surface area contributed by atoms with Crippen LogP contribution in [0.15, 0.2) is 66.7 Å². The SMILES string of the molecule is Cc1c(C=O)sc(-c2ccc(-c3ccc(C(=O)N4CCC(F)(F)CC4)cc3)cc2-c2ccc(F)cc2)c1C. The summed E-state index contributed by atoms with van der Waals surface area (Å²) in [6.07, 6.45) is 0.251. The molecule has 0 aliphatic carbocycles. The maximum Gasteiger partial charge on any atom is 0.253 e. The predicted octanol–water partition coefficient (Wildman–Crippen LogP) is 8.19. The minimum absolute atomic E-state index is 0.0451. The van der Waals surface area contributed by atoms with Crippen LogP contribution in [0.5, 0.6) is 0 Å². The molecule has 0 N–H and O–H groups in total. The van der Waals surface area contributed by atoms with Crippen LogP contribution in [0.25, 0.3) is 32.7 Å². The molecule has 1 aromatic heterocycles. The first kappa shape index (κ1) is 25.9. The third-order valence-electron chi connectivity index (χ3n) is 7.26. The number of benzene rings is 3. The van der Waals surface area contributed by atoms with Crippen molar-refractivity contribution >= 4 is 23.5 Å². The molecule has 0 radical (unpaired) electrons. The third-order valence-corrected chi connectivity index (χ3v) is 8.61. The molecule has 0 saturated carbocycles. The van der Waals surface area contributed by atoms with E-state index in [2.05, 4.69) is 0 Å². The van der Waals surface area contributed by atoms with Crippen molar-refractivity contribution in [1.29, 1.82) is 0 Å². The van der Waals surface area contributed by atoms with E-state index in [0.717, 1.165) is 50.1 Å². The zero-order valence-corrected chi connectivity index (χ0v) is 21.9. The topological polar surface area (TPSA) is 37.4 Å². The highest BCUT2D eigenvalue weighted by Crippen LogP contribution is 2.42. The van der Waals surface area contributed by atoms with Crippen molar-refractivity contribution in [3.8, 4) is 32.7 Å². The summed E-state index contributed by atoms with van der Waals surface area (Å²) in [5.41, 5.74) is 6.93. The Balaban J connectivity index is 1.50. The van der Waals surface area contributed by atoms with E-state index >= 15 is 0 Å². The fourth-order valence-corrected chi connectivity index (χ4v) is 5.97. The maximum absolute atomic E-state index is 13.7. The molecular weight excluding hydrogens is 507 g/mol. The number of nitrogens with zero attached hydrogens (tertiary/aromatic N) is 1. The van der Waals surface area contributed by atoms with Crippen LogP contribution in [0.1, 0.15) is 44.0 Å². The molecule has 194 valence electrons. The zero-order valence-electron chi connectivity index (χ0n) is 21.1. The van der Waals surface area contributed by atoms with Gasteiger partial charge in [-0.15, -0.1) is 11.3 Å². The number of likely N-dealkylation sites (tertiary alicyclic amines) is 1. The average molecular weight is 534 g/mol. The van der Waals surface area contributed by atoms with Crippen LogP contribution in [0.2, 0.25) is 0 Å². The quantitative estimate of drug-likeness (QED) is 0.243. The highest BCUT2D eigenvalue weighted by atomic mass is 32.1. The second-order valence-corrected chi connectivity index (χ2v) is 10.7.